The van der Waals surface area contributed by atoms with E-state index >= 15 is 0 Å². The summed E-state index contributed by atoms with van der Waals surface area (Å²) in [6.07, 6.45) is 8.37. The molecule has 24 heavy (non-hydrogen) atoms. The van der Waals surface area contributed by atoms with Crippen LogP contribution >= 0.6 is 0 Å². The topological polar surface area (TPSA) is 85.0 Å². The van der Waals surface area contributed by atoms with Gasteiger partial charge in [0.2, 0.25) is 0 Å². The van der Waals surface area contributed by atoms with E-state index in [1.807, 2.05) is 11.8 Å². The Morgan fingerprint density at radius 2 is 2.29 bits per heavy atom. The van der Waals surface area contributed by atoms with Gasteiger partial charge in [-0.3, -0.25) is 14.3 Å². The fraction of sp³-hybridized carbons (Fsp3) is 0.500. The van der Waals surface area contributed by atoms with Crippen molar-refractivity contribution < 1.29 is 4.79 Å². The zero-order chi connectivity index (χ0) is 17.1. The van der Waals surface area contributed by atoms with Crippen molar-refractivity contribution >= 4 is 11.7 Å². The number of nitrogens with zero attached hydrogens (tertiary/aromatic N) is 5. The SMILES string of the molecule is CCn1cc(C(=O)N[C@@H]2CCCN(c3nccn(C)c3=O)C2)cn1. The third kappa shape index (κ3) is 3.32. The average molecular weight is 330 g/mol. The second kappa shape index (κ2) is 6.86. The van der Waals surface area contributed by atoms with Gasteiger partial charge in [0.15, 0.2) is 5.82 Å². The molecular formula is C16H22N6O2. The molecule has 1 aliphatic heterocycles. The Hall–Kier alpha value is -2.64. The maximum absolute atomic E-state index is 12.3. The lowest BCUT2D eigenvalue weighted by atomic mass is 10.1. The summed E-state index contributed by atoms with van der Waals surface area (Å²) in [6.45, 7) is 4.06. The van der Waals surface area contributed by atoms with E-state index in [0.717, 1.165) is 25.9 Å². The normalized spacial score (nSPS) is 17.8. The Morgan fingerprint density at radius 1 is 1.46 bits per heavy atom. The van der Waals surface area contributed by atoms with Gasteiger partial charge in [-0.1, -0.05) is 0 Å². The Kier molecular flexibility index (Phi) is 4.64. The molecule has 1 atom stereocenters. The van der Waals surface area contributed by atoms with Gasteiger partial charge in [-0.25, -0.2) is 4.98 Å². The van der Waals surface area contributed by atoms with Gasteiger partial charge in [-0.2, -0.15) is 5.10 Å². The summed E-state index contributed by atoms with van der Waals surface area (Å²) in [5.41, 5.74) is 0.441. The number of piperidine rings is 1. The van der Waals surface area contributed by atoms with Crippen LogP contribution in [0.4, 0.5) is 5.82 Å². The summed E-state index contributed by atoms with van der Waals surface area (Å²) in [7, 11) is 1.71. The molecule has 0 spiro atoms. The minimum Gasteiger partial charge on any atom is -0.350 e. The largest absolute Gasteiger partial charge is 0.350 e. The van der Waals surface area contributed by atoms with E-state index in [0.29, 0.717) is 17.9 Å². The molecule has 1 saturated heterocycles. The van der Waals surface area contributed by atoms with Crippen molar-refractivity contribution in [1.82, 2.24) is 24.6 Å². The van der Waals surface area contributed by atoms with Crippen LogP contribution in [-0.2, 0) is 13.6 Å². The molecular weight excluding hydrogens is 308 g/mol. The highest BCUT2D eigenvalue weighted by Crippen LogP contribution is 2.15. The van der Waals surface area contributed by atoms with Crippen LogP contribution < -0.4 is 15.8 Å². The Bertz CT molecular complexity index is 781. The molecule has 2 aromatic heterocycles. The number of carbonyl (C=O) groups excluding carboxylic acids is 1. The van der Waals surface area contributed by atoms with Crippen molar-refractivity contribution in [3.63, 3.8) is 0 Å². The minimum absolute atomic E-state index is 0.0112. The lowest BCUT2D eigenvalue weighted by Gasteiger charge is -2.33. The lowest BCUT2D eigenvalue weighted by Crippen LogP contribution is -2.49. The van der Waals surface area contributed by atoms with Crippen molar-refractivity contribution in [3.8, 4) is 0 Å². The van der Waals surface area contributed by atoms with Crippen molar-refractivity contribution in [2.24, 2.45) is 7.05 Å². The highest BCUT2D eigenvalue weighted by Gasteiger charge is 2.24. The number of hydrogen-bond acceptors (Lipinski definition) is 5. The average Bonchev–Trinajstić information content (AvgIpc) is 3.07. The van der Waals surface area contributed by atoms with Crippen LogP contribution in [0.15, 0.2) is 29.6 Å². The first kappa shape index (κ1) is 16.2. The summed E-state index contributed by atoms with van der Waals surface area (Å²) in [5, 5.41) is 7.16. The Labute approximate surface area is 140 Å². The van der Waals surface area contributed by atoms with Gasteiger partial charge in [-0.05, 0) is 19.8 Å². The van der Waals surface area contributed by atoms with Crippen LogP contribution in [0.25, 0.3) is 0 Å². The number of aryl methyl sites for hydroxylation is 2. The minimum atomic E-state index is -0.129. The van der Waals surface area contributed by atoms with Gasteiger partial charge in [0.05, 0.1) is 11.8 Å². The maximum Gasteiger partial charge on any atom is 0.293 e. The zero-order valence-corrected chi connectivity index (χ0v) is 14.0. The van der Waals surface area contributed by atoms with Gasteiger partial charge in [0.25, 0.3) is 11.5 Å². The summed E-state index contributed by atoms with van der Waals surface area (Å²) in [5.74, 6) is 0.313. The van der Waals surface area contributed by atoms with Crippen molar-refractivity contribution in [1.29, 1.82) is 0 Å². The molecule has 8 nitrogen and oxygen atoms in total. The Balaban J connectivity index is 1.68. The number of nitrogens with one attached hydrogen (secondary N) is 1. The summed E-state index contributed by atoms with van der Waals surface area (Å²) >= 11 is 0. The number of amides is 1. The molecule has 0 bridgehead atoms. The standard InChI is InChI=1S/C16H22N6O2/c1-3-22-10-12(9-18-22)15(23)19-13-5-4-7-21(11-13)14-16(24)20(2)8-6-17-14/h6,8-10,13H,3-5,7,11H2,1-2H3,(H,19,23)/t13-/m1/s1. The fourth-order valence-electron chi connectivity index (χ4n) is 2.91. The van der Waals surface area contributed by atoms with Gasteiger partial charge in [0.1, 0.15) is 0 Å². The molecule has 0 unspecified atom stereocenters. The number of carbonyl (C=O) groups is 1. The van der Waals surface area contributed by atoms with Crippen LogP contribution in [-0.4, -0.2) is 44.4 Å². The third-order valence-electron chi connectivity index (χ3n) is 4.27. The maximum atomic E-state index is 12.3. The monoisotopic (exact) mass is 330 g/mol. The van der Waals surface area contributed by atoms with E-state index in [9.17, 15) is 9.59 Å². The van der Waals surface area contributed by atoms with E-state index in [2.05, 4.69) is 15.4 Å². The first-order valence-corrected chi connectivity index (χ1v) is 8.18. The zero-order valence-electron chi connectivity index (χ0n) is 14.0. The molecule has 1 N–H and O–H groups in total. The second-order valence-corrected chi connectivity index (χ2v) is 6.01. The van der Waals surface area contributed by atoms with Gasteiger partial charge >= 0.3 is 0 Å². The molecule has 128 valence electrons. The predicted molar refractivity (Wildman–Crippen MR) is 90.1 cm³/mol. The van der Waals surface area contributed by atoms with Crippen LogP contribution in [0.2, 0.25) is 0 Å². The lowest BCUT2D eigenvalue weighted by molar-refractivity contribution is 0.0933. The van der Waals surface area contributed by atoms with Gasteiger partial charge in [0, 0.05) is 51.3 Å². The molecule has 0 saturated carbocycles. The fourth-order valence-corrected chi connectivity index (χ4v) is 2.91. The smallest absolute Gasteiger partial charge is 0.293 e. The first-order chi connectivity index (χ1) is 11.6. The molecule has 1 amide bonds. The molecule has 2 aromatic rings. The van der Waals surface area contributed by atoms with E-state index < -0.39 is 0 Å². The highest BCUT2D eigenvalue weighted by molar-refractivity contribution is 5.93. The number of hydrogen-bond donors (Lipinski definition) is 1. The summed E-state index contributed by atoms with van der Waals surface area (Å²) < 4.78 is 3.24. The highest BCUT2D eigenvalue weighted by atomic mass is 16.2. The third-order valence-corrected chi connectivity index (χ3v) is 4.27. The Morgan fingerprint density at radius 3 is 3.04 bits per heavy atom. The molecule has 1 aliphatic rings. The van der Waals surface area contributed by atoms with Crippen molar-refractivity contribution in [2.75, 3.05) is 18.0 Å². The van der Waals surface area contributed by atoms with Crippen LogP contribution in [0.3, 0.4) is 0 Å². The number of aromatic nitrogens is 4. The molecule has 3 rings (SSSR count). The van der Waals surface area contributed by atoms with E-state index in [-0.39, 0.29) is 17.5 Å². The quantitative estimate of drug-likeness (QED) is 0.877. The molecule has 1 fully saturated rings. The van der Waals surface area contributed by atoms with Gasteiger partial charge < -0.3 is 14.8 Å². The number of rotatable bonds is 4. The van der Waals surface area contributed by atoms with Crippen molar-refractivity contribution in [2.45, 2.75) is 32.4 Å². The second-order valence-electron chi connectivity index (χ2n) is 6.01. The van der Waals surface area contributed by atoms with Crippen LogP contribution in [0.5, 0.6) is 0 Å². The van der Waals surface area contributed by atoms with Gasteiger partial charge in [-0.15, -0.1) is 0 Å². The van der Waals surface area contributed by atoms with E-state index in [1.54, 1.807) is 36.5 Å². The number of anilines is 1. The molecule has 3 heterocycles. The summed E-state index contributed by atoms with van der Waals surface area (Å²) in [4.78, 5) is 30.7. The van der Waals surface area contributed by atoms with Crippen molar-refractivity contribution in [3.05, 3.63) is 40.7 Å². The van der Waals surface area contributed by atoms with Crippen LogP contribution in [0, 0.1) is 0 Å². The molecule has 0 aromatic carbocycles. The predicted octanol–water partition coefficient (Wildman–Crippen LogP) is 0.395. The van der Waals surface area contributed by atoms with Crippen LogP contribution in [0.1, 0.15) is 30.1 Å². The summed E-state index contributed by atoms with van der Waals surface area (Å²) in [6, 6.07) is -0.0112. The molecule has 0 aliphatic carbocycles. The van der Waals surface area contributed by atoms with E-state index in [1.165, 1.54) is 4.57 Å². The molecule has 8 heteroatoms. The first-order valence-electron chi connectivity index (χ1n) is 8.18. The molecule has 0 radical (unpaired) electrons. The van der Waals surface area contributed by atoms with E-state index in [4.69, 9.17) is 0 Å².